The molecule has 0 fully saturated rings. The van der Waals surface area contributed by atoms with Crippen LogP contribution in [0, 0.1) is 19.8 Å². The minimum Gasteiger partial charge on any atom is -0.325 e. The van der Waals surface area contributed by atoms with Crippen LogP contribution in [0.2, 0.25) is 0 Å². The van der Waals surface area contributed by atoms with Crippen molar-refractivity contribution in [3.63, 3.8) is 0 Å². The Morgan fingerprint density at radius 1 is 1.24 bits per heavy atom. The topological polar surface area (TPSA) is 38.1 Å². The van der Waals surface area contributed by atoms with Crippen LogP contribution in [0.25, 0.3) is 0 Å². The monoisotopic (exact) mass is 283 g/mol. The van der Waals surface area contributed by atoms with Crippen molar-refractivity contribution < 1.29 is 4.79 Å². The maximum absolute atomic E-state index is 12.4. The molecule has 2 heterocycles. The van der Waals surface area contributed by atoms with Crippen molar-refractivity contribution in [2.24, 2.45) is 5.92 Å². The van der Waals surface area contributed by atoms with Crippen LogP contribution >= 0.6 is 0 Å². The zero-order valence-electron chi connectivity index (χ0n) is 13.1. The molecule has 0 unspecified atom stereocenters. The fourth-order valence-corrected chi connectivity index (χ4v) is 3.03. The predicted molar refractivity (Wildman–Crippen MR) is 84.3 cm³/mol. The van der Waals surface area contributed by atoms with Crippen molar-refractivity contribution in [3.8, 4) is 0 Å². The van der Waals surface area contributed by atoms with Gasteiger partial charge in [-0.2, -0.15) is 9.78 Å². The lowest BCUT2D eigenvalue weighted by atomic mass is 10.1. The molecule has 1 aliphatic heterocycles. The number of anilines is 2. The molecule has 0 saturated heterocycles. The number of fused-ring (bicyclic) bond motifs is 1. The van der Waals surface area contributed by atoms with E-state index in [0.717, 1.165) is 24.3 Å². The molecule has 0 radical (unpaired) electrons. The standard InChI is InChI=1S/C17H21N3O/c1-11(2)17(21)20-16-14(10-18-20)8-9-19(16)15-12(3)6-5-7-13(15)4/h5-7,10-11H,8-9H2,1-4H3. The number of nitrogens with zero attached hydrogens (tertiary/aromatic N) is 3. The Balaban J connectivity index is 2.12. The van der Waals surface area contributed by atoms with Crippen LogP contribution < -0.4 is 4.90 Å². The number of rotatable bonds is 2. The second-order valence-electron chi connectivity index (χ2n) is 6.04. The first-order valence-corrected chi connectivity index (χ1v) is 7.45. The molecule has 4 heteroatoms. The second-order valence-corrected chi connectivity index (χ2v) is 6.04. The van der Waals surface area contributed by atoms with Gasteiger partial charge in [0.1, 0.15) is 5.82 Å². The first-order chi connectivity index (χ1) is 10.0. The molecule has 1 aromatic heterocycles. The summed E-state index contributed by atoms with van der Waals surface area (Å²) >= 11 is 0. The Kier molecular flexibility index (Phi) is 3.32. The first kappa shape index (κ1) is 13.9. The minimum atomic E-state index is -0.0607. The van der Waals surface area contributed by atoms with E-state index in [0.29, 0.717) is 0 Å². The molecular weight excluding hydrogens is 262 g/mol. The van der Waals surface area contributed by atoms with Gasteiger partial charge in [-0.05, 0) is 31.4 Å². The quantitative estimate of drug-likeness (QED) is 0.846. The molecule has 0 saturated carbocycles. The Bertz CT molecular complexity index is 680. The number of aryl methyl sites for hydroxylation is 2. The Hall–Kier alpha value is -2.10. The van der Waals surface area contributed by atoms with Gasteiger partial charge in [-0.3, -0.25) is 4.79 Å². The molecule has 0 aliphatic carbocycles. The van der Waals surface area contributed by atoms with Crippen molar-refractivity contribution in [2.45, 2.75) is 34.1 Å². The number of benzene rings is 1. The van der Waals surface area contributed by atoms with Gasteiger partial charge in [0, 0.05) is 23.7 Å². The molecule has 110 valence electrons. The van der Waals surface area contributed by atoms with Gasteiger partial charge >= 0.3 is 0 Å². The van der Waals surface area contributed by atoms with Crippen molar-refractivity contribution in [2.75, 3.05) is 11.4 Å². The molecule has 0 atom stereocenters. The molecule has 1 aromatic carbocycles. The fraction of sp³-hybridized carbons (Fsp3) is 0.412. The molecule has 2 aromatic rings. The molecule has 0 N–H and O–H groups in total. The SMILES string of the molecule is Cc1cccc(C)c1N1CCc2cnn(C(=O)C(C)C)c21. The van der Waals surface area contributed by atoms with Crippen LogP contribution in [0.1, 0.15) is 35.3 Å². The molecular formula is C17H21N3O. The maximum atomic E-state index is 12.4. The van der Waals surface area contributed by atoms with E-state index in [1.165, 1.54) is 16.8 Å². The van der Waals surface area contributed by atoms with E-state index in [1.807, 2.05) is 20.0 Å². The van der Waals surface area contributed by atoms with E-state index >= 15 is 0 Å². The first-order valence-electron chi connectivity index (χ1n) is 7.45. The summed E-state index contributed by atoms with van der Waals surface area (Å²) < 4.78 is 1.58. The van der Waals surface area contributed by atoms with Crippen LogP contribution in [0.3, 0.4) is 0 Å². The van der Waals surface area contributed by atoms with Crippen molar-refractivity contribution in [3.05, 3.63) is 41.1 Å². The lowest BCUT2D eigenvalue weighted by Crippen LogP contribution is -2.25. The number of hydrogen-bond acceptors (Lipinski definition) is 3. The van der Waals surface area contributed by atoms with E-state index < -0.39 is 0 Å². The van der Waals surface area contributed by atoms with E-state index in [4.69, 9.17) is 0 Å². The van der Waals surface area contributed by atoms with Gasteiger partial charge in [-0.1, -0.05) is 32.0 Å². The lowest BCUT2D eigenvalue weighted by molar-refractivity contribution is 0.0841. The van der Waals surface area contributed by atoms with Gasteiger partial charge in [-0.15, -0.1) is 0 Å². The highest BCUT2D eigenvalue weighted by Gasteiger charge is 2.30. The zero-order chi connectivity index (χ0) is 15.1. The highest BCUT2D eigenvalue weighted by molar-refractivity contribution is 5.86. The van der Waals surface area contributed by atoms with Gasteiger partial charge in [-0.25, -0.2) is 0 Å². The maximum Gasteiger partial charge on any atom is 0.251 e. The largest absolute Gasteiger partial charge is 0.325 e. The van der Waals surface area contributed by atoms with Crippen LogP contribution in [-0.2, 0) is 6.42 Å². The van der Waals surface area contributed by atoms with Gasteiger partial charge in [0.2, 0.25) is 0 Å². The van der Waals surface area contributed by atoms with Crippen LogP contribution in [0.4, 0.5) is 11.5 Å². The summed E-state index contributed by atoms with van der Waals surface area (Å²) in [7, 11) is 0. The molecule has 3 rings (SSSR count). The van der Waals surface area contributed by atoms with Crippen LogP contribution in [-0.4, -0.2) is 22.2 Å². The van der Waals surface area contributed by atoms with E-state index in [9.17, 15) is 4.79 Å². The summed E-state index contributed by atoms with van der Waals surface area (Å²) in [5, 5.41) is 4.32. The molecule has 0 amide bonds. The Morgan fingerprint density at radius 3 is 2.52 bits per heavy atom. The summed E-state index contributed by atoms with van der Waals surface area (Å²) in [6.07, 6.45) is 2.78. The third-order valence-electron chi connectivity index (χ3n) is 4.09. The van der Waals surface area contributed by atoms with Gasteiger partial charge in [0.25, 0.3) is 5.91 Å². The lowest BCUT2D eigenvalue weighted by Gasteiger charge is -2.24. The molecule has 4 nitrogen and oxygen atoms in total. The summed E-state index contributed by atoms with van der Waals surface area (Å²) in [6.45, 7) is 8.96. The van der Waals surface area contributed by atoms with E-state index in [2.05, 4.69) is 42.0 Å². The second kappa shape index (κ2) is 5.02. The third-order valence-corrected chi connectivity index (χ3v) is 4.09. The van der Waals surface area contributed by atoms with Gasteiger partial charge < -0.3 is 4.90 Å². The highest BCUT2D eigenvalue weighted by atomic mass is 16.2. The van der Waals surface area contributed by atoms with Crippen LogP contribution in [0.15, 0.2) is 24.4 Å². The van der Waals surface area contributed by atoms with Crippen LogP contribution in [0.5, 0.6) is 0 Å². The molecule has 0 bridgehead atoms. The average Bonchev–Trinajstić information content (AvgIpc) is 3.00. The molecule has 21 heavy (non-hydrogen) atoms. The number of carbonyl (C=O) groups is 1. The van der Waals surface area contributed by atoms with E-state index in [1.54, 1.807) is 4.68 Å². The van der Waals surface area contributed by atoms with Gasteiger partial charge in [0.15, 0.2) is 0 Å². The summed E-state index contributed by atoms with van der Waals surface area (Å²) in [5.74, 6) is 0.940. The van der Waals surface area contributed by atoms with Crippen molar-refractivity contribution in [1.82, 2.24) is 9.78 Å². The summed E-state index contributed by atoms with van der Waals surface area (Å²) in [6, 6.07) is 6.30. The average molecular weight is 283 g/mol. The minimum absolute atomic E-state index is 0.0504. The van der Waals surface area contributed by atoms with E-state index in [-0.39, 0.29) is 11.8 Å². The van der Waals surface area contributed by atoms with Crippen molar-refractivity contribution in [1.29, 1.82) is 0 Å². The highest BCUT2D eigenvalue weighted by Crippen LogP contribution is 2.38. The smallest absolute Gasteiger partial charge is 0.251 e. The van der Waals surface area contributed by atoms with Crippen molar-refractivity contribution >= 4 is 17.4 Å². The number of carbonyl (C=O) groups excluding carboxylic acids is 1. The number of para-hydroxylation sites is 1. The summed E-state index contributed by atoms with van der Waals surface area (Å²) in [5.41, 5.74) is 4.82. The number of hydrogen-bond donors (Lipinski definition) is 0. The predicted octanol–water partition coefficient (Wildman–Crippen LogP) is 3.49. The number of aromatic nitrogens is 2. The molecule has 1 aliphatic rings. The summed E-state index contributed by atoms with van der Waals surface area (Å²) in [4.78, 5) is 14.6. The Morgan fingerprint density at radius 2 is 1.90 bits per heavy atom. The Labute approximate surface area is 125 Å². The third kappa shape index (κ3) is 2.15. The van der Waals surface area contributed by atoms with Gasteiger partial charge in [0.05, 0.1) is 6.20 Å². The normalized spacial score (nSPS) is 13.9. The molecule has 0 spiro atoms. The zero-order valence-corrected chi connectivity index (χ0v) is 13.1. The fourth-order valence-electron chi connectivity index (χ4n) is 3.03.